The van der Waals surface area contributed by atoms with Gasteiger partial charge in [-0.15, -0.1) is 191 Å². The van der Waals surface area contributed by atoms with Crippen molar-refractivity contribution in [3.8, 4) is 66.9 Å². The monoisotopic (exact) mass is 1910 g/mol. The Balaban J connectivity index is 0.000000199. The first kappa shape index (κ1) is 82.3. The van der Waals surface area contributed by atoms with E-state index in [-0.39, 0.29) is 95.7 Å². The first-order valence-corrected chi connectivity index (χ1v) is 33.5. The molecule has 14 aromatic rings. The van der Waals surface area contributed by atoms with Crippen LogP contribution in [0.15, 0.2) is 295 Å². The number of carbonyl (C=O) groups is 1. The summed E-state index contributed by atoms with van der Waals surface area (Å²) >= 11 is 1.54. The molecule has 2 aliphatic heterocycles. The van der Waals surface area contributed by atoms with Crippen molar-refractivity contribution in [2.45, 2.75) is 79.6 Å². The Morgan fingerprint density at radius 1 is 0.515 bits per heavy atom. The Hall–Kier alpha value is -9.65. The summed E-state index contributed by atoms with van der Waals surface area (Å²) < 4.78 is 7.18. The molecule has 103 heavy (non-hydrogen) atoms. The maximum atomic E-state index is 13.2. The molecule has 7 aromatic heterocycles. The molecular formula is C88H80Ir3N7O4S-2. The van der Waals surface area contributed by atoms with Crippen LogP contribution in [0.4, 0.5) is 5.69 Å². The number of thiazole rings is 1. The van der Waals surface area contributed by atoms with Crippen LogP contribution in [0.3, 0.4) is 0 Å². The minimum Gasteiger partial charge on any atom is -0.512 e. The van der Waals surface area contributed by atoms with Gasteiger partial charge in [-0.3, -0.25) is 4.79 Å². The van der Waals surface area contributed by atoms with Crippen molar-refractivity contribution < 1.29 is 74.6 Å². The molecule has 0 saturated heterocycles. The number of nitrogens with zero attached hydrogens (tertiary/aromatic N) is 7. The Bertz CT molecular complexity index is 4440. The van der Waals surface area contributed by atoms with Crippen molar-refractivity contribution in [3.63, 3.8) is 0 Å². The van der Waals surface area contributed by atoms with E-state index in [1.54, 1.807) is 36.1 Å². The van der Waals surface area contributed by atoms with Crippen LogP contribution >= 0.6 is 11.3 Å². The molecule has 0 atom stereocenters. The molecule has 0 saturated carbocycles. The summed E-state index contributed by atoms with van der Waals surface area (Å²) in [5.74, 6) is -0.0625. The molecule has 16 rings (SSSR count). The number of aliphatic hydroxyl groups excluding tert-OH is 1. The van der Waals surface area contributed by atoms with Gasteiger partial charge in [0.05, 0.1) is 21.5 Å². The number of anilines is 1. The molecule has 2 radical (unpaired) electrons. The third kappa shape index (κ3) is 23.4. The zero-order valence-corrected chi connectivity index (χ0v) is 65.6. The second kappa shape index (κ2) is 40.8. The molecule has 2 aliphatic rings. The van der Waals surface area contributed by atoms with Crippen LogP contribution in [0.5, 0.6) is 0 Å². The van der Waals surface area contributed by atoms with Crippen LogP contribution in [0.25, 0.3) is 88.0 Å². The predicted molar refractivity (Wildman–Crippen MR) is 410 cm³/mol. The van der Waals surface area contributed by atoms with Crippen LogP contribution < -0.4 is 10.5 Å². The third-order valence-electron chi connectivity index (χ3n) is 16.2. The number of aliphatic hydroxyl groups is 1. The minimum absolute atomic E-state index is 0. The molecule has 0 bridgehead atoms. The maximum absolute atomic E-state index is 13.2. The van der Waals surface area contributed by atoms with E-state index in [2.05, 4.69) is 107 Å². The molecule has 526 valence electrons. The number of hydrogen-bond donors (Lipinski definition) is 1. The Morgan fingerprint density at radius 2 is 0.913 bits per heavy atom. The average molecular weight is 1910 g/mol. The summed E-state index contributed by atoms with van der Waals surface area (Å²) in [6.07, 6.45) is 12.3. The molecule has 0 fully saturated rings. The standard InChI is InChI=1S/C26H26N2O2S.C12H10N.4C11H8N.C5H8O2.CH4.3Ir/c1-25(2)9-11-28-12-10-26(3,4)20-21(28)17(25)14-15-13-16(24(29)30-22(15)20)23-27-18-7-5-6-8-19(18)31-23;1-10-7-8-13-12(9-10)11-5-3-2-4-6-11;4*1-2-6-10(7-3-1)11-8-4-5-9-12-11;1-4(6)3-5(2)7;;;;/h5-8,13-14H,9-12H2,1-4H3;2-5,7-9H,1H3;4*1-6,8-9H;3,6H,1-2H3;1H4;;;/q;5*-1;;;;;+3. The van der Waals surface area contributed by atoms with Gasteiger partial charge in [-0.05, 0) is 133 Å². The van der Waals surface area contributed by atoms with Gasteiger partial charge in [0.15, 0.2) is 5.78 Å². The van der Waals surface area contributed by atoms with Crippen molar-refractivity contribution in [3.05, 3.63) is 343 Å². The van der Waals surface area contributed by atoms with E-state index in [1.807, 2.05) is 237 Å². The fourth-order valence-electron chi connectivity index (χ4n) is 11.1. The second-order valence-corrected chi connectivity index (χ2v) is 25.6. The number of pyridine rings is 5. The number of hydrogen-bond acceptors (Lipinski definition) is 12. The summed E-state index contributed by atoms with van der Waals surface area (Å²) in [5.41, 5.74) is 17.1. The van der Waals surface area contributed by atoms with Crippen molar-refractivity contribution in [1.29, 1.82) is 0 Å². The number of rotatable bonds is 7. The molecule has 7 aromatic carbocycles. The van der Waals surface area contributed by atoms with Crippen LogP contribution in [0.1, 0.15) is 78.5 Å². The van der Waals surface area contributed by atoms with Crippen molar-refractivity contribution in [2.24, 2.45) is 0 Å². The maximum Gasteiger partial charge on any atom is 3.00 e. The van der Waals surface area contributed by atoms with E-state index in [1.165, 1.54) is 42.3 Å². The van der Waals surface area contributed by atoms with E-state index >= 15 is 0 Å². The largest absolute Gasteiger partial charge is 3.00 e. The smallest absolute Gasteiger partial charge is 0.512 e. The van der Waals surface area contributed by atoms with Gasteiger partial charge in [-0.1, -0.05) is 107 Å². The van der Waals surface area contributed by atoms with Gasteiger partial charge in [-0.25, -0.2) is 9.78 Å². The van der Waals surface area contributed by atoms with Crippen LogP contribution in [0, 0.1) is 37.3 Å². The number of fused-ring (bicyclic) bond motifs is 3. The average Bonchev–Trinajstić information content (AvgIpc) is 0.900. The quantitative estimate of drug-likeness (QED) is 0.0703. The first-order chi connectivity index (χ1) is 48.1. The minimum atomic E-state index is -0.300. The first-order valence-electron chi connectivity index (χ1n) is 32.7. The number of carbonyl (C=O) groups excluding carboxylic acids is 1. The number of allylic oxidation sites excluding steroid dienone is 2. The summed E-state index contributed by atoms with van der Waals surface area (Å²) in [6.45, 7) is 16.3. The molecule has 0 spiro atoms. The van der Waals surface area contributed by atoms with Crippen LogP contribution in [-0.2, 0) is 75.9 Å². The van der Waals surface area contributed by atoms with Gasteiger partial charge in [-0.2, -0.15) is 0 Å². The normalized spacial score (nSPS) is 12.3. The van der Waals surface area contributed by atoms with E-state index in [4.69, 9.17) is 14.5 Å². The predicted octanol–water partition coefficient (Wildman–Crippen LogP) is 21.0. The summed E-state index contributed by atoms with van der Waals surface area (Å²) in [7, 11) is 0. The molecule has 0 aliphatic carbocycles. The van der Waals surface area contributed by atoms with Crippen molar-refractivity contribution in [2.75, 3.05) is 18.0 Å². The Labute approximate surface area is 650 Å². The van der Waals surface area contributed by atoms with Crippen molar-refractivity contribution >= 4 is 44.0 Å². The zero-order chi connectivity index (χ0) is 69.4. The van der Waals surface area contributed by atoms with Gasteiger partial charge in [0, 0.05) is 107 Å². The van der Waals surface area contributed by atoms with Crippen molar-refractivity contribution in [1.82, 2.24) is 29.9 Å². The van der Waals surface area contributed by atoms with Gasteiger partial charge < -0.3 is 39.3 Å². The molecule has 9 heterocycles. The molecule has 15 heteroatoms. The molecule has 1 N–H and O–H groups in total. The summed E-state index contributed by atoms with van der Waals surface area (Å²) in [5, 5.41) is 10.1. The Kier molecular flexibility index (Phi) is 32.6. The summed E-state index contributed by atoms with van der Waals surface area (Å²) in [4.78, 5) is 51.6. The van der Waals surface area contributed by atoms with E-state index in [9.17, 15) is 9.59 Å². The molecule has 0 unspecified atom stereocenters. The van der Waals surface area contributed by atoms with E-state index in [0.29, 0.717) is 5.56 Å². The van der Waals surface area contributed by atoms with Crippen LogP contribution in [0.2, 0.25) is 0 Å². The molecule has 11 nitrogen and oxygen atoms in total. The number of aromatic nitrogens is 6. The summed E-state index contributed by atoms with van der Waals surface area (Å²) in [6, 6.07) is 94.6. The third-order valence-corrected chi connectivity index (χ3v) is 17.2. The Morgan fingerprint density at radius 3 is 1.28 bits per heavy atom. The zero-order valence-electron chi connectivity index (χ0n) is 57.6. The van der Waals surface area contributed by atoms with Gasteiger partial charge >= 0.3 is 25.7 Å². The number of aryl methyl sites for hydroxylation is 1. The van der Waals surface area contributed by atoms with E-state index < -0.39 is 0 Å². The molecule has 0 amide bonds. The topological polar surface area (TPSA) is 148 Å². The van der Waals surface area contributed by atoms with Crippen LogP contribution in [-0.4, -0.2) is 53.9 Å². The number of benzene rings is 7. The van der Waals surface area contributed by atoms with E-state index in [0.717, 1.165) is 108 Å². The number of ketones is 1. The number of para-hydroxylation sites is 1. The SMILES string of the molecule is C.CC(=O)C=C(C)O.CC1(C)CCN2CCC(C)(C)c3c2c1cc1cc(-c2nc4ccccc4s2)c(=O)oc31.Cc1ccnc(-c2[c-]cccc2)c1.[Ir+3].[Ir].[Ir].[c-]1ccccc1-c1ccccn1.[c-]1ccccc1-c1ccccn1.[c-]1ccccc1-c1ccccn1.[c-]1ccccc1-c1ccccn1. The van der Waals surface area contributed by atoms with Gasteiger partial charge in [0.2, 0.25) is 0 Å². The van der Waals surface area contributed by atoms with Gasteiger partial charge in [0.25, 0.3) is 0 Å². The fraction of sp³-hybridized carbons (Fsp3) is 0.159. The van der Waals surface area contributed by atoms with Gasteiger partial charge in [0.1, 0.15) is 10.6 Å². The second-order valence-electron chi connectivity index (χ2n) is 24.6. The fourth-order valence-corrected chi connectivity index (χ4v) is 12.1. The molecular weight excluding hydrogens is 1830 g/mol.